The summed E-state index contributed by atoms with van der Waals surface area (Å²) in [6, 6.07) is 4.92. The maximum Gasteiger partial charge on any atom is 0.416 e. The average Bonchev–Trinajstić information content (AvgIpc) is 2.94. The predicted molar refractivity (Wildman–Crippen MR) is 93.0 cm³/mol. The van der Waals surface area contributed by atoms with Crippen LogP contribution in [0.5, 0.6) is 0 Å². The molecule has 2 aliphatic heterocycles. The third-order valence-corrected chi connectivity index (χ3v) is 7.01. The van der Waals surface area contributed by atoms with Crippen molar-refractivity contribution in [1.82, 2.24) is 14.2 Å². The molecule has 1 saturated heterocycles. The first-order valence-electron chi connectivity index (χ1n) is 8.54. The molecule has 3 heterocycles. The van der Waals surface area contributed by atoms with Crippen molar-refractivity contribution in [2.24, 2.45) is 0 Å². The van der Waals surface area contributed by atoms with Crippen molar-refractivity contribution in [3.8, 4) is 0 Å². The summed E-state index contributed by atoms with van der Waals surface area (Å²) in [7, 11) is -4.13. The van der Waals surface area contributed by atoms with Gasteiger partial charge in [-0.25, -0.2) is 8.42 Å². The molecule has 1 aromatic heterocycles. The lowest BCUT2D eigenvalue weighted by molar-refractivity contribution is -0.137. The Morgan fingerprint density at radius 3 is 2.64 bits per heavy atom. The number of pyridine rings is 1. The number of carbonyl (C=O) groups excluding carboxylic acids is 1. The number of amides is 1. The molecule has 0 bridgehead atoms. The number of aryl methyl sites for hydroxylation is 1. The van der Waals surface area contributed by atoms with Gasteiger partial charge in [-0.05, 0) is 36.8 Å². The Hall–Kier alpha value is -2.46. The van der Waals surface area contributed by atoms with Crippen LogP contribution in [0.15, 0.2) is 41.4 Å². The summed E-state index contributed by atoms with van der Waals surface area (Å²) in [6.07, 6.45) is -3.07. The highest BCUT2D eigenvalue weighted by molar-refractivity contribution is 7.89. The van der Waals surface area contributed by atoms with Crippen LogP contribution in [0.3, 0.4) is 0 Å². The van der Waals surface area contributed by atoms with E-state index in [0.29, 0.717) is 22.9 Å². The Balaban J connectivity index is 1.68. The smallest absolute Gasteiger partial charge is 0.329 e. The van der Waals surface area contributed by atoms with Crippen molar-refractivity contribution in [1.29, 1.82) is 0 Å². The zero-order chi connectivity index (χ0) is 20.3. The molecule has 1 atom stereocenters. The molecule has 0 aliphatic carbocycles. The maximum absolute atomic E-state index is 13.0. The lowest BCUT2D eigenvalue weighted by Crippen LogP contribution is -2.49. The Morgan fingerprint density at radius 1 is 1.18 bits per heavy atom. The van der Waals surface area contributed by atoms with E-state index in [0.717, 1.165) is 22.5 Å². The molecule has 10 heteroatoms. The standard InChI is InChI=1S/C18H16F3N3O3S/c1-11-16-14(5-6-22-11)15-10-23(7-8-24(15)17(16)25)28(26,27)13-4-2-3-12(9-13)18(19,20)21/h2-6,9,15H,7-8,10H2,1H3. The van der Waals surface area contributed by atoms with Gasteiger partial charge < -0.3 is 4.90 Å². The van der Waals surface area contributed by atoms with Gasteiger partial charge in [-0.2, -0.15) is 17.5 Å². The van der Waals surface area contributed by atoms with Crippen LogP contribution in [0.4, 0.5) is 13.2 Å². The van der Waals surface area contributed by atoms with Crippen LogP contribution in [0, 0.1) is 6.92 Å². The Kier molecular flexibility index (Phi) is 4.23. The first kappa shape index (κ1) is 18.9. The second-order valence-corrected chi connectivity index (χ2v) is 8.70. The fraction of sp³-hybridized carbons (Fsp3) is 0.333. The number of nitrogens with zero attached hydrogens (tertiary/aromatic N) is 3. The number of aromatic nitrogens is 1. The SMILES string of the molecule is Cc1nccc2c1C(=O)N1CCN(S(=O)(=O)c3cccc(C(F)(F)F)c3)CC21. The van der Waals surface area contributed by atoms with E-state index in [9.17, 15) is 26.4 Å². The molecule has 1 amide bonds. The summed E-state index contributed by atoms with van der Waals surface area (Å²) in [5.74, 6) is -0.193. The minimum Gasteiger partial charge on any atom is -0.329 e. The molecule has 2 aromatic rings. The lowest BCUT2D eigenvalue weighted by atomic mass is 10.0. The molecule has 1 unspecified atom stereocenters. The highest BCUT2D eigenvalue weighted by Gasteiger charge is 2.44. The van der Waals surface area contributed by atoms with Crippen molar-refractivity contribution >= 4 is 15.9 Å². The number of hydrogen-bond donors (Lipinski definition) is 0. The molecule has 0 saturated carbocycles. The van der Waals surface area contributed by atoms with Gasteiger partial charge in [0.15, 0.2) is 0 Å². The maximum atomic E-state index is 13.0. The van der Waals surface area contributed by atoms with E-state index in [1.807, 2.05) is 0 Å². The summed E-state index contributed by atoms with van der Waals surface area (Å²) in [6.45, 7) is 1.88. The van der Waals surface area contributed by atoms with Gasteiger partial charge in [0.2, 0.25) is 10.0 Å². The zero-order valence-corrected chi connectivity index (χ0v) is 15.6. The summed E-state index contributed by atoms with van der Waals surface area (Å²) in [5.41, 5.74) is 0.728. The van der Waals surface area contributed by atoms with Crippen molar-refractivity contribution in [2.75, 3.05) is 19.6 Å². The molecular formula is C18H16F3N3O3S. The molecule has 4 rings (SSSR count). The first-order valence-corrected chi connectivity index (χ1v) is 9.98. The average molecular weight is 411 g/mol. The van der Waals surface area contributed by atoms with Crippen LogP contribution in [0.1, 0.15) is 33.2 Å². The molecule has 148 valence electrons. The number of benzene rings is 1. The van der Waals surface area contributed by atoms with E-state index in [1.54, 1.807) is 24.1 Å². The topological polar surface area (TPSA) is 70.6 Å². The summed E-state index contributed by atoms with van der Waals surface area (Å²) >= 11 is 0. The quantitative estimate of drug-likeness (QED) is 0.762. The van der Waals surface area contributed by atoms with Crippen LogP contribution in [-0.4, -0.2) is 48.1 Å². The van der Waals surface area contributed by atoms with Gasteiger partial charge in [0.05, 0.1) is 27.8 Å². The monoisotopic (exact) mass is 411 g/mol. The van der Waals surface area contributed by atoms with E-state index in [-0.39, 0.29) is 25.5 Å². The number of alkyl halides is 3. The molecule has 1 aromatic carbocycles. The number of piperazine rings is 1. The molecule has 2 aliphatic rings. The van der Waals surface area contributed by atoms with Gasteiger partial charge in [-0.1, -0.05) is 6.07 Å². The summed E-state index contributed by atoms with van der Waals surface area (Å²) in [4.78, 5) is 17.9. The minimum absolute atomic E-state index is 0.0131. The van der Waals surface area contributed by atoms with Crippen LogP contribution in [-0.2, 0) is 16.2 Å². The second kappa shape index (κ2) is 6.28. The molecular weight excluding hydrogens is 395 g/mol. The summed E-state index contributed by atoms with van der Waals surface area (Å²) in [5, 5.41) is 0. The van der Waals surface area contributed by atoms with Gasteiger partial charge in [0, 0.05) is 25.8 Å². The second-order valence-electron chi connectivity index (χ2n) is 6.76. The fourth-order valence-electron chi connectivity index (χ4n) is 3.75. The third-order valence-electron chi connectivity index (χ3n) is 5.15. The molecule has 0 N–H and O–H groups in total. The Labute approximate surface area is 159 Å². The lowest BCUT2D eigenvalue weighted by Gasteiger charge is -2.37. The molecule has 0 spiro atoms. The predicted octanol–water partition coefficient (Wildman–Crippen LogP) is 2.61. The van der Waals surface area contributed by atoms with Crippen molar-refractivity contribution in [3.05, 3.63) is 58.9 Å². The van der Waals surface area contributed by atoms with E-state index in [2.05, 4.69) is 4.98 Å². The normalized spacial score (nSPS) is 20.2. The van der Waals surface area contributed by atoms with Crippen molar-refractivity contribution in [3.63, 3.8) is 0 Å². The highest BCUT2D eigenvalue weighted by atomic mass is 32.2. The van der Waals surface area contributed by atoms with Gasteiger partial charge in [0.1, 0.15) is 0 Å². The first-order chi connectivity index (χ1) is 13.1. The number of hydrogen-bond acceptors (Lipinski definition) is 4. The van der Waals surface area contributed by atoms with Crippen LogP contribution in [0.25, 0.3) is 0 Å². The molecule has 0 radical (unpaired) electrons. The highest BCUT2D eigenvalue weighted by Crippen LogP contribution is 2.38. The van der Waals surface area contributed by atoms with Gasteiger partial charge in [0.25, 0.3) is 5.91 Å². The number of sulfonamides is 1. The van der Waals surface area contributed by atoms with Crippen molar-refractivity contribution in [2.45, 2.75) is 24.0 Å². The fourth-order valence-corrected chi connectivity index (χ4v) is 5.24. The number of carbonyl (C=O) groups is 1. The number of rotatable bonds is 2. The van der Waals surface area contributed by atoms with E-state index in [1.165, 1.54) is 0 Å². The Morgan fingerprint density at radius 2 is 1.93 bits per heavy atom. The van der Waals surface area contributed by atoms with E-state index >= 15 is 0 Å². The van der Waals surface area contributed by atoms with Gasteiger partial charge >= 0.3 is 6.18 Å². The third kappa shape index (κ3) is 2.87. The Bertz CT molecular complexity index is 1070. The van der Waals surface area contributed by atoms with Gasteiger partial charge in [-0.15, -0.1) is 0 Å². The van der Waals surface area contributed by atoms with Crippen LogP contribution < -0.4 is 0 Å². The minimum atomic E-state index is -4.63. The van der Waals surface area contributed by atoms with E-state index < -0.39 is 32.7 Å². The molecule has 6 nitrogen and oxygen atoms in total. The van der Waals surface area contributed by atoms with Gasteiger partial charge in [-0.3, -0.25) is 9.78 Å². The van der Waals surface area contributed by atoms with E-state index in [4.69, 9.17) is 0 Å². The largest absolute Gasteiger partial charge is 0.416 e. The number of fused-ring (bicyclic) bond motifs is 3. The molecule has 28 heavy (non-hydrogen) atoms. The zero-order valence-electron chi connectivity index (χ0n) is 14.8. The van der Waals surface area contributed by atoms with Crippen molar-refractivity contribution < 1.29 is 26.4 Å². The summed E-state index contributed by atoms with van der Waals surface area (Å²) < 4.78 is 65.9. The van der Waals surface area contributed by atoms with Crippen LogP contribution >= 0.6 is 0 Å². The molecule has 1 fully saturated rings. The van der Waals surface area contributed by atoms with Crippen LogP contribution in [0.2, 0.25) is 0 Å². The number of halogens is 3.